The predicted molar refractivity (Wildman–Crippen MR) is 76.6 cm³/mol. The van der Waals surface area contributed by atoms with E-state index in [0.717, 1.165) is 12.8 Å². The Morgan fingerprint density at radius 1 is 0.944 bits per heavy atom. The van der Waals surface area contributed by atoms with Crippen molar-refractivity contribution in [2.24, 2.45) is 10.8 Å². The molecule has 0 aromatic heterocycles. The van der Waals surface area contributed by atoms with Gasteiger partial charge in [-0.3, -0.25) is 0 Å². The van der Waals surface area contributed by atoms with Crippen LogP contribution in [0.25, 0.3) is 0 Å². The topological polar surface area (TPSA) is 32.3 Å². The second-order valence-corrected chi connectivity index (χ2v) is 8.24. The zero-order chi connectivity index (χ0) is 13.4. The zero-order valence-corrected chi connectivity index (χ0v) is 12.6. The molecule has 0 amide bonds. The van der Waals surface area contributed by atoms with Crippen LogP contribution in [-0.4, -0.2) is 23.3 Å². The monoisotopic (exact) mass is 253 g/mol. The molecule has 106 valence electrons. The molecule has 0 unspecified atom stereocenters. The lowest BCUT2D eigenvalue weighted by Gasteiger charge is -2.47. The number of aliphatic hydroxyl groups is 1. The summed E-state index contributed by atoms with van der Waals surface area (Å²) in [5.74, 6) is 0. The Morgan fingerprint density at radius 2 is 1.50 bits per heavy atom. The van der Waals surface area contributed by atoms with Crippen molar-refractivity contribution in [3.05, 3.63) is 0 Å². The molecule has 0 saturated heterocycles. The van der Waals surface area contributed by atoms with Crippen molar-refractivity contribution in [3.63, 3.8) is 0 Å². The molecule has 2 aliphatic carbocycles. The maximum absolute atomic E-state index is 10.1. The summed E-state index contributed by atoms with van der Waals surface area (Å²) in [7, 11) is 0. The first-order valence-electron chi connectivity index (χ1n) is 7.72. The Labute approximate surface area is 113 Å². The fourth-order valence-electron chi connectivity index (χ4n) is 4.57. The summed E-state index contributed by atoms with van der Waals surface area (Å²) in [6, 6.07) is 0.926. The van der Waals surface area contributed by atoms with Crippen molar-refractivity contribution in [1.29, 1.82) is 0 Å². The average molecular weight is 253 g/mol. The minimum atomic E-state index is -0.119. The van der Waals surface area contributed by atoms with E-state index in [9.17, 15) is 5.11 Å². The zero-order valence-electron chi connectivity index (χ0n) is 12.6. The van der Waals surface area contributed by atoms with E-state index < -0.39 is 0 Å². The molecule has 0 aromatic carbocycles. The highest BCUT2D eigenvalue weighted by Crippen LogP contribution is 2.45. The van der Waals surface area contributed by atoms with Crippen LogP contribution in [-0.2, 0) is 0 Å². The fourth-order valence-corrected chi connectivity index (χ4v) is 4.57. The molecule has 2 nitrogen and oxygen atoms in total. The van der Waals surface area contributed by atoms with Crippen molar-refractivity contribution in [1.82, 2.24) is 5.32 Å². The fraction of sp³-hybridized carbons (Fsp3) is 1.00. The first-order chi connectivity index (χ1) is 8.27. The third kappa shape index (κ3) is 3.71. The summed E-state index contributed by atoms with van der Waals surface area (Å²) in [5, 5.41) is 13.9. The maximum Gasteiger partial charge on any atom is 0.0693 e. The predicted octanol–water partition coefficient (Wildman–Crippen LogP) is 3.48. The summed E-state index contributed by atoms with van der Waals surface area (Å²) in [6.07, 6.45) is 8.29. The van der Waals surface area contributed by atoms with E-state index in [4.69, 9.17) is 0 Å². The summed E-state index contributed by atoms with van der Waals surface area (Å²) in [6.45, 7) is 9.56. The normalized spacial score (nSPS) is 36.5. The third-order valence-electron chi connectivity index (χ3n) is 4.73. The van der Waals surface area contributed by atoms with Crippen LogP contribution in [0.1, 0.15) is 72.6 Å². The van der Waals surface area contributed by atoms with E-state index in [-0.39, 0.29) is 6.10 Å². The Balaban J connectivity index is 1.95. The standard InChI is InChI=1S/C16H31NO/c1-15(2)9-12(10-16(3,4)11-15)17-13-7-5-6-8-14(13)18/h12-14,17-18H,5-11H2,1-4H3/t13-,14-/m1/s1. The molecule has 2 fully saturated rings. The van der Waals surface area contributed by atoms with Gasteiger partial charge in [0.15, 0.2) is 0 Å². The van der Waals surface area contributed by atoms with E-state index in [1.54, 1.807) is 0 Å². The minimum absolute atomic E-state index is 0.119. The Kier molecular flexibility index (Phi) is 4.08. The molecule has 0 aromatic rings. The van der Waals surface area contributed by atoms with E-state index in [1.165, 1.54) is 32.1 Å². The van der Waals surface area contributed by atoms with Gasteiger partial charge in [0.05, 0.1) is 6.10 Å². The van der Waals surface area contributed by atoms with Crippen LogP contribution in [0.15, 0.2) is 0 Å². The Bertz CT molecular complexity index is 269. The lowest BCUT2D eigenvalue weighted by Crippen LogP contribution is -2.51. The smallest absolute Gasteiger partial charge is 0.0693 e. The lowest BCUT2D eigenvalue weighted by molar-refractivity contribution is 0.0453. The van der Waals surface area contributed by atoms with Crippen LogP contribution in [0.5, 0.6) is 0 Å². The van der Waals surface area contributed by atoms with E-state index in [2.05, 4.69) is 33.0 Å². The van der Waals surface area contributed by atoms with Gasteiger partial charge >= 0.3 is 0 Å². The van der Waals surface area contributed by atoms with Crippen LogP contribution in [0.2, 0.25) is 0 Å². The molecule has 18 heavy (non-hydrogen) atoms. The molecule has 0 aliphatic heterocycles. The van der Waals surface area contributed by atoms with Crippen LogP contribution in [0.3, 0.4) is 0 Å². The van der Waals surface area contributed by atoms with Gasteiger partial charge < -0.3 is 10.4 Å². The van der Waals surface area contributed by atoms with Gasteiger partial charge in [-0.15, -0.1) is 0 Å². The lowest BCUT2D eigenvalue weighted by atomic mass is 9.63. The van der Waals surface area contributed by atoms with Crippen molar-refractivity contribution in [2.45, 2.75) is 90.8 Å². The first-order valence-corrected chi connectivity index (χ1v) is 7.72. The molecule has 0 bridgehead atoms. The quantitative estimate of drug-likeness (QED) is 0.789. The summed E-state index contributed by atoms with van der Waals surface area (Å²) >= 11 is 0. The van der Waals surface area contributed by atoms with Gasteiger partial charge in [-0.25, -0.2) is 0 Å². The largest absolute Gasteiger partial charge is 0.392 e. The average Bonchev–Trinajstić information content (AvgIpc) is 2.16. The van der Waals surface area contributed by atoms with Crippen molar-refractivity contribution in [2.75, 3.05) is 0 Å². The molecule has 2 heteroatoms. The van der Waals surface area contributed by atoms with Crippen molar-refractivity contribution >= 4 is 0 Å². The molecule has 0 radical (unpaired) electrons. The molecule has 2 saturated carbocycles. The van der Waals surface area contributed by atoms with Gasteiger partial charge in [-0.1, -0.05) is 40.5 Å². The first kappa shape index (κ1) is 14.3. The summed E-state index contributed by atoms with van der Waals surface area (Å²) in [5.41, 5.74) is 0.859. The third-order valence-corrected chi connectivity index (χ3v) is 4.73. The molecule has 0 heterocycles. The van der Waals surface area contributed by atoms with E-state index in [1.807, 2.05) is 0 Å². The van der Waals surface area contributed by atoms with Crippen molar-refractivity contribution in [3.8, 4) is 0 Å². The van der Waals surface area contributed by atoms with Crippen LogP contribution in [0, 0.1) is 10.8 Å². The molecule has 2 N–H and O–H groups in total. The Hall–Kier alpha value is -0.0800. The van der Waals surface area contributed by atoms with Crippen LogP contribution >= 0.6 is 0 Å². The van der Waals surface area contributed by atoms with E-state index in [0.29, 0.717) is 22.9 Å². The van der Waals surface area contributed by atoms with Gasteiger partial charge in [0.1, 0.15) is 0 Å². The van der Waals surface area contributed by atoms with Crippen molar-refractivity contribution < 1.29 is 5.11 Å². The molecular formula is C16H31NO. The van der Waals surface area contributed by atoms with E-state index >= 15 is 0 Å². The summed E-state index contributed by atoms with van der Waals surface area (Å²) in [4.78, 5) is 0. The number of hydrogen-bond donors (Lipinski definition) is 2. The second kappa shape index (κ2) is 5.13. The highest BCUT2D eigenvalue weighted by molar-refractivity contribution is 4.94. The van der Waals surface area contributed by atoms with Crippen LogP contribution in [0.4, 0.5) is 0 Å². The van der Waals surface area contributed by atoms with Gasteiger partial charge in [0.2, 0.25) is 0 Å². The van der Waals surface area contributed by atoms with Gasteiger partial charge in [0.25, 0.3) is 0 Å². The maximum atomic E-state index is 10.1. The molecule has 2 aliphatic rings. The number of rotatable bonds is 2. The van der Waals surface area contributed by atoms with Gasteiger partial charge in [-0.2, -0.15) is 0 Å². The second-order valence-electron chi connectivity index (χ2n) is 8.24. The van der Waals surface area contributed by atoms with Gasteiger partial charge in [0, 0.05) is 12.1 Å². The molecule has 0 spiro atoms. The molecule has 2 rings (SSSR count). The van der Waals surface area contributed by atoms with Gasteiger partial charge in [-0.05, 0) is 42.9 Å². The molecule has 2 atom stereocenters. The number of aliphatic hydroxyl groups excluding tert-OH is 1. The minimum Gasteiger partial charge on any atom is -0.392 e. The highest BCUT2D eigenvalue weighted by Gasteiger charge is 2.39. The number of nitrogens with one attached hydrogen (secondary N) is 1. The Morgan fingerprint density at radius 3 is 2.06 bits per heavy atom. The highest BCUT2D eigenvalue weighted by atomic mass is 16.3. The molecular weight excluding hydrogens is 222 g/mol. The van der Waals surface area contributed by atoms with Crippen LogP contribution < -0.4 is 5.32 Å². The SMILES string of the molecule is CC1(C)CC(N[C@@H]2CCCC[C@H]2O)CC(C)(C)C1. The number of hydrogen-bond acceptors (Lipinski definition) is 2. The summed E-state index contributed by atoms with van der Waals surface area (Å²) < 4.78 is 0.